The SMILES string of the molecule is CC(CN=[N+]=[N-])N(N)C(CCc1ccccc1)CCc1ccccc1. The summed E-state index contributed by atoms with van der Waals surface area (Å²) in [6, 6.07) is 21.2. The van der Waals surface area contributed by atoms with E-state index in [9.17, 15) is 0 Å². The minimum Gasteiger partial charge on any atom is -0.268 e. The number of benzene rings is 2. The van der Waals surface area contributed by atoms with Crippen molar-refractivity contribution in [3.8, 4) is 0 Å². The number of rotatable bonds is 10. The zero-order valence-corrected chi connectivity index (χ0v) is 14.8. The Labute approximate surface area is 150 Å². The molecule has 5 heteroatoms. The van der Waals surface area contributed by atoms with Crippen LogP contribution < -0.4 is 5.84 Å². The largest absolute Gasteiger partial charge is 0.268 e. The van der Waals surface area contributed by atoms with Gasteiger partial charge < -0.3 is 0 Å². The number of azide groups is 1. The van der Waals surface area contributed by atoms with E-state index in [4.69, 9.17) is 11.4 Å². The molecule has 0 aliphatic carbocycles. The Morgan fingerprint density at radius 2 is 1.44 bits per heavy atom. The molecule has 5 nitrogen and oxygen atoms in total. The van der Waals surface area contributed by atoms with Gasteiger partial charge in [-0.1, -0.05) is 65.8 Å². The lowest BCUT2D eigenvalue weighted by Crippen LogP contribution is -2.48. The molecule has 2 N–H and O–H groups in total. The van der Waals surface area contributed by atoms with Gasteiger partial charge in [0, 0.05) is 23.5 Å². The van der Waals surface area contributed by atoms with Crippen molar-refractivity contribution in [2.24, 2.45) is 11.0 Å². The monoisotopic (exact) mass is 337 g/mol. The van der Waals surface area contributed by atoms with E-state index in [0.29, 0.717) is 6.54 Å². The Morgan fingerprint density at radius 1 is 0.960 bits per heavy atom. The summed E-state index contributed by atoms with van der Waals surface area (Å²) in [5, 5.41) is 5.55. The van der Waals surface area contributed by atoms with Crippen LogP contribution in [0.25, 0.3) is 10.4 Å². The molecule has 0 fully saturated rings. The number of nitrogens with zero attached hydrogens (tertiary/aromatic N) is 4. The van der Waals surface area contributed by atoms with Crippen molar-refractivity contribution in [1.29, 1.82) is 0 Å². The molecule has 25 heavy (non-hydrogen) atoms. The fraction of sp³-hybridized carbons (Fsp3) is 0.400. The summed E-state index contributed by atoms with van der Waals surface area (Å²) < 4.78 is 0. The Kier molecular flexibility index (Phi) is 7.99. The number of hydrazine groups is 1. The van der Waals surface area contributed by atoms with Crippen LogP contribution in [0.4, 0.5) is 0 Å². The summed E-state index contributed by atoms with van der Waals surface area (Å²) in [6.45, 7) is 2.40. The zero-order chi connectivity index (χ0) is 17.9. The average Bonchev–Trinajstić information content (AvgIpc) is 2.67. The van der Waals surface area contributed by atoms with E-state index in [1.807, 2.05) is 24.1 Å². The highest BCUT2D eigenvalue weighted by molar-refractivity contribution is 5.16. The van der Waals surface area contributed by atoms with Gasteiger partial charge in [-0.2, -0.15) is 0 Å². The first kappa shape index (κ1) is 19.0. The molecule has 0 saturated carbocycles. The van der Waals surface area contributed by atoms with Crippen LogP contribution in [0.1, 0.15) is 30.9 Å². The topological polar surface area (TPSA) is 78.0 Å². The Morgan fingerprint density at radius 3 is 1.88 bits per heavy atom. The van der Waals surface area contributed by atoms with E-state index in [-0.39, 0.29) is 12.1 Å². The molecule has 132 valence electrons. The molecule has 0 spiro atoms. The highest BCUT2D eigenvalue weighted by Crippen LogP contribution is 2.16. The molecular formula is C20H27N5. The Balaban J connectivity index is 1.99. The van der Waals surface area contributed by atoms with Crippen molar-refractivity contribution in [3.63, 3.8) is 0 Å². The van der Waals surface area contributed by atoms with E-state index in [1.165, 1.54) is 11.1 Å². The third kappa shape index (κ3) is 6.59. The van der Waals surface area contributed by atoms with Crippen molar-refractivity contribution in [1.82, 2.24) is 5.01 Å². The van der Waals surface area contributed by atoms with Crippen LogP contribution in [-0.4, -0.2) is 23.6 Å². The number of hydrogen-bond donors (Lipinski definition) is 1. The molecule has 2 aromatic rings. The normalized spacial score (nSPS) is 12.2. The van der Waals surface area contributed by atoms with Crippen molar-refractivity contribution in [2.75, 3.05) is 6.54 Å². The Hall–Kier alpha value is -2.33. The molecule has 0 aliphatic rings. The maximum atomic E-state index is 8.54. The molecule has 1 atom stereocenters. The first-order valence-electron chi connectivity index (χ1n) is 8.82. The van der Waals surface area contributed by atoms with E-state index in [1.54, 1.807) is 0 Å². The van der Waals surface area contributed by atoms with Gasteiger partial charge >= 0.3 is 0 Å². The van der Waals surface area contributed by atoms with Gasteiger partial charge in [0.05, 0.1) is 0 Å². The van der Waals surface area contributed by atoms with Gasteiger partial charge in [-0.25, -0.2) is 5.01 Å². The molecule has 0 amide bonds. The Bertz CT molecular complexity index is 609. The lowest BCUT2D eigenvalue weighted by atomic mass is 9.98. The molecule has 1 unspecified atom stereocenters. The lowest BCUT2D eigenvalue weighted by molar-refractivity contribution is 0.134. The maximum Gasteiger partial charge on any atom is 0.0425 e. The molecule has 0 saturated heterocycles. The highest BCUT2D eigenvalue weighted by atomic mass is 15.4. The molecule has 0 heterocycles. The van der Waals surface area contributed by atoms with Gasteiger partial charge in [-0.05, 0) is 49.3 Å². The van der Waals surface area contributed by atoms with Gasteiger partial charge in [-0.15, -0.1) is 0 Å². The summed E-state index contributed by atoms with van der Waals surface area (Å²) in [5.74, 6) is 6.38. The van der Waals surface area contributed by atoms with Crippen molar-refractivity contribution in [3.05, 3.63) is 82.2 Å². The summed E-state index contributed by atoms with van der Waals surface area (Å²) >= 11 is 0. The summed E-state index contributed by atoms with van der Waals surface area (Å²) in [7, 11) is 0. The third-order valence-electron chi connectivity index (χ3n) is 4.56. The standard InChI is InChI=1S/C20H27N5/c1-17(16-23-24-21)25(22)20(14-12-18-8-4-2-5-9-18)15-13-19-10-6-3-7-11-19/h2-11,17,20H,12-16,22H2,1H3. The van der Waals surface area contributed by atoms with Gasteiger partial charge in [0.1, 0.15) is 0 Å². The van der Waals surface area contributed by atoms with Gasteiger partial charge in [0.25, 0.3) is 0 Å². The predicted molar refractivity (Wildman–Crippen MR) is 103 cm³/mol. The van der Waals surface area contributed by atoms with E-state index < -0.39 is 0 Å². The molecule has 2 aromatic carbocycles. The van der Waals surface area contributed by atoms with E-state index in [2.05, 4.69) is 58.6 Å². The summed E-state index contributed by atoms with van der Waals surface area (Å²) in [5.41, 5.74) is 11.2. The fourth-order valence-electron chi connectivity index (χ4n) is 3.01. The van der Waals surface area contributed by atoms with Crippen LogP contribution >= 0.6 is 0 Å². The number of aryl methyl sites for hydroxylation is 2. The second-order valence-electron chi connectivity index (χ2n) is 6.41. The number of nitrogens with two attached hydrogens (primary N) is 1. The zero-order valence-electron chi connectivity index (χ0n) is 14.8. The molecule has 0 aliphatic heterocycles. The van der Waals surface area contributed by atoms with Crippen molar-refractivity contribution >= 4 is 0 Å². The maximum absolute atomic E-state index is 8.54. The molecule has 0 bridgehead atoms. The molecular weight excluding hydrogens is 310 g/mol. The van der Waals surface area contributed by atoms with Gasteiger partial charge in [-0.3, -0.25) is 5.84 Å². The van der Waals surface area contributed by atoms with Crippen LogP contribution in [-0.2, 0) is 12.8 Å². The first-order chi connectivity index (χ1) is 12.2. The van der Waals surface area contributed by atoms with Crippen LogP contribution in [0.5, 0.6) is 0 Å². The third-order valence-corrected chi connectivity index (χ3v) is 4.56. The molecule has 0 aromatic heterocycles. The molecule has 0 radical (unpaired) electrons. The van der Waals surface area contributed by atoms with Crippen LogP contribution in [0, 0.1) is 0 Å². The minimum atomic E-state index is 0.0208. The minimum absolute atomic E-state index is 0.0208. The fourth-order valence-corrected chi connectivity index (χ4v) is 3.01. The predicted octanol–water partition coefficient (Wildman–Crippen LogP) is 4.50. The van der Waals surface area contributed by atoms with Crippen LogP contribution in [0.15, 0.2) is 65.8 Å². The van der Waals surface area contributed by atoms with E-state index in [0.717, 1.165) is 25.7 Å². The van der Waals surface area contributed by atoms with Crippen LogP contribution in [0.3, 0.4) is 0 Å². The van der Waals surface area contributed by atoms with Crippen molar-refractivity contribution < 1.29 is 0 Å². The van der Waals surface area contributed by atoms with Crippen LogP contribution in [0.2, 0.25) is 0 Å². The molecule has 2 rings (SSSR count). The summed E-state index contributed by atoms with van der Waals surface area (Å²) in [6.07, 6.45) is 3.94. The second-order valence-corrected chi connectivity index (χ2v) is 6.41. The quantitative estimate of drug-likeness (QED) is 0.228. The second kappa shape index (κ2) is 10.5. The van der Waals surface area contributed by atoms with E-state index >= 15 is 0 Å². The number of hydrogen-bond acceptors (Lipinski definition) is 3. The first-order valence-corrected chi connectivity index (χ1v) is 8.82. The van der Waals surface area contributed by atoms with Crippen molar-refractivity contribution in [2.45, 2.75) is 44.7 Å². The average molecular weight is 337 g/mol. The van der Waals surface area contributed by atoms with Gasteiger partial charge in [0.2, 0.25) is 0 Å². The lowest BCUT2D eigenvalue weighted by Gasteiger charge is -2.32. The highest BCUT2D eigenvalue weighted by Gasteiger charge is 2.20. The summed E-state index contributed by atoms with van der Waals surface area (Å²) in [4.78, 5) is 2.85. The van der Waals surface area contributed by atoms with Gasteiger partial charge in [0.15, 0.2) is 0 Å². The smallest absolute Gasteiger partial charge is 0.0425 e.